The van der Waals surface area contributed by atoms with E-state index in [9.17, 15) is 13.2 Å². The number of rotatable bonds is 12. The van der Waals surface area contributed by atoms with Gasteiger partial charge in [0.2, 0.25) is 10.0 Å². The normalized spacial score (nSPS) is 15.8. The fourth-order valence-electron chi connectivity index (χ4n) is 2.97. The molecule has 0 unspecified atom stereocenters. The van der Waals surface area contributed by atoms with Gasteiger partial charge in [0, 0.05) is 45.7 Å². The van der Waals surface area contributed by atoms with Crippen LogP contribution in [0.1, 0.15) is 46.5 Å². The van der Waals surface area contributed by atoms with Crippen molar-refractivity contribution in [2.75, 3.05) is 58.7 Å². The quantitative estimate of drug-likeness (QED) is 0.127. The third-order valence-electron chi connectivity index (χ3n) is 4.59. The minimum atomic E-state index is -3.29. The minimum absolute atomic E-state index is 0. The molecular formula is C19H39IN4O5S. The van der Waals surface area contributed by atoms with E-state index in [1.54, 1.807) is 4.31 Å². The SMILES string of the molecule is CCNC(=NCCCCCC(=O)OC)N1CCN(S(=O)(=O)CCOC(C)C)CC1.I. The average Bonchev–Trinajstić information content (AvgIpc) is 2.69. The lowest BCUT2D eigenvalue weighted by molar-refractivity contribution is -0.140. The van der Waals surface area contributed by atoms with Crippen molar-refractivity contribution < 1.29 is 22.7 Å². The molecule has 0 aromatic carbocycles. The number of aliphatic imine (C=N–C) groups is 1. The van der Waals surface area contributed by atoms with Crippen molar-refractivity contribution in [3.05, 3.63) is 0 Å². The van der Waals surface area contributed by atoms with Gasteiger partial charge in [0.25, 0.3) is 0 Å². The van der Waals surface area contributed by atoms with Crippen LogP contribution in [0.15, 0.2) is 4.99 Å². The van der Waals surface area contributed by atoms with Crippen molar-refractivity contribution >= 4 is 45.9 Å². The Morgan fingerprint density at radius 1 is 1.13 bits per heavy atom. The molecule has 1 aliphatic heterocycles. The number of sulfonamides is 1. The predicted octanol–water partition coefficient (Wildman–Crippen LogP) is 1.68. The zero-order valence-electron chi connectivity index (χ0n) is 18.8. The maximum atomic E-state index is 12.5. The number of carbonyl (C=O) groups is 1. The summed E-state index contributed by atoms with van der Waals surface area (Å²) in [7, 11) is -1.89. The van der Waals surface area contributed by atoms with Crippen LogP contribution >= 0.6 is 24.0 Å². The zero-order chi connectivity index (χ0) is 21.7. The van der Waals surface area contributed by atoms with Crippen LogP contribution in [0.5, 0.6) is 0 Å². The lowest BCUT2D eigenvalue weighted by atomic mass is 10.2. The summed E-state index contributed by atoms with van der Waals surface area (Å²) in [6, 6.07) is 0. The number of guanidine groups is 1. The van der Waals surface area contributed by atoms with E-state index in [-0.39, 0.29) is 48.4 Å². The van der Waals surface area contributed by atoms with Crippen LogP contribution in [-0.2, 0) is 24.3 Å². The highest BCUT2D eigenvalue weighted by molar-refractivity contribution is 14.0. The third kappa shape index (κ3) is 11.7. The first-order chi connectivity index (χ1) is 13.8. The number of nitrogens with zero attached hydrogens (tertiary/aromatic N) is 3. The van der Waals surface area contributed by atoms with Gasteiger partial charge in [0.1, 0.15) is 0 Å². The molecule has 11 heteroatoms. The van der Waals surface area contributed by atoms with Gasteiger partial charge in [-0.2, -0.15) is 4.31 Å². The number of nitrogens with one attached hydrogen (secondary N) is 1. The van der Waals surface area contributed by atoms with Crippen LogP contribution in [0, 0.1) is 0 Å². The van der Waals surface area contributed by atoms with Crippen LogP contribution in [0.2, 0.25) is 0 Å². The molecular weight excluding hydrogens is 523 g/mol. The first-order valence-electron chi connectivity index (χ1n) is 10.5. The Labute approximate surface area is 199 Å². The lowest BCUT2D eigenvalue weighted by Crippen LogP contribution is -2.54. The van der Waals surface area contributed by atoms with Gasteiger partial charge < -0.3 is 19.7 Å². The summed E-state index contributed by atoms with van der Waals surface area (Å²) >= 11 is 0. The summed E-state index contributed by atoms with van der Waals surface area (Å²) in [5.41, 5.74) is 0. The van der Waals surface area contributed by atoms with Gasteiger partial charge in [-0.25, -0.2) is 8.42 Å². The molecule has 0 spiro atoms. The number of piperazine rings is 1. The van der Waals surface area contributed by atoms with E-state index in [0.717, 1.165) is 31.8 Å². The summed E-state index contributed by atoms with van der Waals surface area (Å²) in [6.07, 6.45) is 3.09. The van der Waals surface area contributed by atoms with E-state index >= 15 is 0 Å². The second-order valence-corrected chi connectivity index (χ2v) is 9.33. The van der Waals surface area contributed by atoms with Crippen LogP contribution in [0.4, 0.5) is 0 Å². The smallest absolute Gasteiger partial charge is 0.305 e. The van der Waals surface area contributed by atoms with E-state index in [1.807, 2.05) is 20.8 Å². The lowest BCUT2D eigenvalue weighted by Gasteiger charge is -2.36. The second-order valence-electron chi connectivity index (χ2n) is 7.24. The molecule has 0 bridgehead atoms. The van der Waals surface area contributed by atoms with Gasteiger partial charge in [-0.05, 0) is 33.6 Å². The molecule has 1 aliphatic rings. The Morgan fingerprint density at radius 2 is 1.80 bits per heavy atom. The van der Waals surface area contributed by atoms with Crippen molar-refractivity contribution in [1.29, 1.82) is 0 Å². The first-order valence-corrected chi connectivity index (χ1v) is 12.1. The summed E-state index contributed by atoms with van der Waals surface area (Å²) in [6.45, 7) is 9.58. The Bertz CT molecular complexity index is 608. The van der Waals surface area contributed by atoms with Gasteiger partial charge >= 0.3 is 5.97 Å². The van der Waals surface area contributed by atoms with Gasteiger partial charge in [0.15, 0.2) is 5.96 Å². The Hall–Kier alpha value is -0.660. The second kappa shape index (κ2) is 16.0. The molecule has 0 radical (unpaired) electrons. The number of hydrogen-bond donors (Lipinski definition) is 1. The number of hydrogen-bond acceptors (Lipinski definition) is 6. The minimum Gasteiger partial charge on any atom is -0.469 e. The molecule has 0 aliphatic carbocycles. The summed E-state index contributed by atoms with van der Waals surface area (Å²) in [4.78, 5) is 17.9. The number of ether oxygens (including phenoxy) is 2. The highest BCUT2D eigenvalue weighted by atomic mass is 127. The Kier molecular flexibility index (Phi) is 15.7. The molecule has 0 aromatic heterocycles. The first kappa shape index (κ1) is 29.3. The molecule has 1 fully saturated rings. The van der Waals surface area contributed by atoms with E-state index < -0.39 is 10.0 Å². The van der Waals surface area contributed by atoms with Crippen molar-refractivity contribution in [3.8, 4) is 0 Å². The number of halogens is 1. The van der Waals surface area contributed by atoms with Gasteiger partial charge in [0.05, 0.1) is 25.6 Å². The Balaban J connectivity index is 0.00000841. The number of carbonyl (C=O) groups excluding carboxylic acids is 1. The fourth-order valence-corrected chi connectivity index (χ4v) is 4.25. The van der Waals surface area contributed by atoms with Crippen molar-refractivity contribution in [2.45, 2.75) is 52.6 Å². The molecule has 1 N–H and O–H groups in total. The maximum Gasteiger partial charge on any atom is 0.305 e. The highest BCUT2D eigenvalue weighted by Crippen LogP contribution is 2.09. The highest BCUT2D eigenvalue weighted by Gasteiger charge is 2.27. The molecule has 0 aromatic rings. The summed E-state index contributed by atoms with van der Waals surface area (Å²) in [5, 5.41) is 3.28. The standard InChI is InChI=1S/C19H38N4O5S.HI/c1-5-20-19(21-10-8-6-7-9-18(24)27-4)22-11-13-23(14-12-22)29(25,26)16-15-28-17(2)3;/h17H,5-16H2,1-4H3,(H,20,21);1H. The predicted molar refractivity (Wildman–Crippen MR) is 130 cm³/mol. The molecule has 30 heavy (non-hydrogen) atoms. The largest absolute Gasteiger partial charge is 0.469 e. The van der Waals surface area contributed by atoms with E-state index in [0.29, 0.717) is 39.1 Å². The van der Waals surface area contributed by atoms with Crippen molar-refractivity contribution in [1.82, 2.24) is 14.5 Å². The average molecular weight is 563 g/mol. The van der Waals surface area contributed by atoms with Crippen molar-refractivity contribution in [2.24, 2.45) is 4.99 Å². The van der Waals surface area contributed by atoms with Gasteiger partial charge in [-0.3, -0.25) is 9.79 Å². The number of unbranched alkanes of at least 4 members (excludes halogenated alkanes) is 2. The molecule has 0 atom stereocenters. The third-order valence-corrected chi connectivity index (χ3v) is 6.42. The van der Waals surface area contributed by atoms with Gasteiger partial charge in [-0.15, -0.1) is 24.0 Å². The fraction of sp³-hybridized carbons (Fsp3) is 0.895. The monoisotopic (exact) mass is 562 g/mol. The molecule has 1 heterocycles. The molecule has 0 amide bonds. The van der Waals surface area contributed by atoms with E-state index in [2.05, 4.69) is 19.9 Å². The van der Waals surface area contributed by atoms with E-state index in [1.165, 1.54) is 7.11 Å². The molecule has 1 saturated heterocycles. The Morgan fingerprint density at radius 3 is 2.37 bits per heavy atom. The van der Waals surface area contributed by atoms with Crippen molar-refractivity contribution in [3.63, 3.8) is 0 Å². The van der Waals surface area contributed by atoms with Crippen LogP contribution < -0.4 is 5.32 Å². The molecule has 178 valence electrons. The van der Waals surface area contributed by atoms with Crippen LogP contribution in [0.25, 0.3) is 0 Å². The van der Waals surface area contributed by atoms with Gasteiger partial charge in [-0.1, -0.05) is 6.42 Å². The van der Waals surface area contributed by atoms with Crippen LogP contribution in [-0.4, -0.2) is 94.4 Å². The molecule has 9 nitrogen and oxygen atoms in total. The molecule has 1 rings (SSSR count). The maximum absolute atomic E-state index is 12.5. The van der Waals surface area contributed by atoms with E-state index in [4.69, 9.17) is 4.74 Å². The topological polar surface area (TPSA) is 101 Å². The number of methoxy groups -OCH3 is 1. The number of esters is 1. The summed E-state index contributed by atoms with van der Waals surface area (Å²) in [5.74, 6) is 0.663. The molecule has 0 saturated carbocycles. The summed E-state index contributed by atoms with van der Waals surface area (Å²) < 4.78 is 36.5. The zero-order valence-corrected chi connectivity index (χ0v) is 21.9. The van der Waals surface area contributed by atoms with Crippen LogP contribution in [0.3, 0.4) is 0 Å².